The Bertz CT molecular complexity index is 536. The van der Waals surface area contributed by atoms with E-state index in [1.54, 1.807) is 6.92 Å². The Morgan fingerprint density at radius 2 is 1.48 bits per heavy atom. The van der Waals surface area contributed by atoms with Crippen molar-refractivity contribution in [3.8, 4) is 0 Å². The van der Waals surface area contributed by atoms with Crippen LogP contribution in [-0.2, 0) is 19.2 Å². The molecule has 0 bridgehead atoms. The first-order valence-electron chi connectivity index (χ1n) is 8.34. The van der Waals surface area contributed by atoms with Crippen molar-refractivity contribution in [1.29, 1.82) is 0 Å². The number of aliphatic carboxylic acids is 1. The molecule has 27 heavy (non-hydrogen) atoms. The van der Waals surface area contributed by atoms with Crippen LogP contribution in [0.1, 0.15) is 20.3 Å². The lowest BCUT2D eigenvalue weighted by atomic mass is 9.97. The standard InChI is InChI=1S/C15H28N4O6S2/c1-3-7(2)11(19-12(21)8(16)4-20)14(23)17-9(5-26)13(22)18-10(6-27)15(24)25/h7-11,20,26-27H,3-6,16H2,1-2H3,(H,17,23)(H,18,22)(H,19,21)(H,24,25). The molecule has 3 amide bonds. The van der Waals surface area contributed by atoms with Crippen LogP contribution in [0.3, 0.4) is 0 Å². The fraction of sp³-hybridized carbons (Fsp3) is 0.733. The van der Waals surface area contributed by atoms with Gasteiger partial charge in [-0.3, -0.25) is 14.4 Å². The molecule has 10 nitrogen and oxygen atoms in total. The maximum atomic E-state index is 12.6. The van der Waals surface area contributed by atoms with E-state index in [9.17, 15) is 19.2 Å². The van der Waals surface area contributed by atoms with E-state index in [0.717, 1.165) is 0 Å². The van der Waals surface area contributed by atoms with Gasteiger partial charge in [-0.2, -0.15) is 25.3 Å². The van der Waals surface area contributed by atoms with Gasteiger partial charge in [0.2, 0.25) is 17.7 Å². The summed E-state index contributed by atoms with van der Waals surface area (Å²) < 4.78 is 0. The van der Waals surface area contributed by atoms with Crippen LogP contribution in [-0.4, -0.2) is 76.2 Å². The summed E-state index contributed by atoms with van der Waals surface area (Å²) in [5, 5.41) is 25.1. The predicted molar refractivity (Wildman–Crippen MR) is 106 cm³/mol. The Balaban J connectivity index is 5.17. The van der Waals surface area contributed by atoms with E-state index < -0.39 is 54.5 Å². The number of carboxylic acids is 1. The van der Waals surface area contributed by atoms with Gasteiger partial charge in [0.05, 0.1) is 6.61 Å². The van der Waals surface area contributed by atoms with Crippen molar-refractivity contribution in [1.82, 2.24) is 16.0 Å². The van der Waals surface area contributed by atoms with Gasteiger partial charge in [-0.15, -0.1) is 0 Å². The monoisotopic (exact) mass is 424 g/mol. The van der Waals surface area contributed by atoms with E-state index in [-0.39, 0.29) is 17.4 Å². The van der Waals surface area contributed by atoms with Crippen molar-refractivity contribution in [2.75, 3.05) is 18.1 Å². The number of hydrogen-bond donors (Lipinski definition) is 8. The zero-order valence-corrected chi connectivity index (χ0v) is 17.0. The fourth-order valence-electron chi connectivity index (χ4n) is 1.96. The minimum absolute atomic E-state index is 0.0895. The number of amides is 3. The number of nitrogens with one attached hydrogen (secondary N) is 3. The third kappa shape index (κ3) is 8.37. The third-order valence-electron chi connectivity index (χ3n) is 3.94. The van der Waals surface area contributed by atoms with E-state index in [0.29, 0.717) is 6.42 Å². The van der Waals surface area contributed by atoms with Gasteiger partial charge >= 0.3 is 5.97 Å². The molecule has 0 radical (unpaired) electrons. The first-order valence-corrected chi connectivity index (χ1v) is 9.61. The van der Waals surface area contributed by atoms with Crippen LogP contribution < -0.4 is 21.7 Å². The summed E-state index contributed by atoms with van der Waals surface area (Å²) in [6.07, 6.45) is 0.547. The van der Waals surface area contributed by atoms with Crippen LogP contribution in [0.2, 0.25) is 0 Å². The predicted octanol–water partition coefficient (Wildman–Crippen LogP) is -2.25. The van der Waals surface area contributed by atoms with E-state index >= 15 is 0 Å². The molecule has 0 aliphatic carbocycles. The van der Waals surface area contributed by atoms with Gasteiger partial charge in [0.1, 0.15) is 24.2 Å². The highest BCUT2D eigenvalue weighted by Gasteiger charge is 2.31. The molecule has 0 aliphatic rings. The largest absolute Gasteiger partial charge is 0.480 e. The Kier molecular flexibility index (Phi) is 12.1. The lowest BCUT2D eigenvalue weighted by Crippen LogP contribution is -2.59. The summed E-state index contributed by atoms with van der Waals surface area (Å²) >= 11 is 7.86. The number of carbonyl (C=O) groups is 4. The molecule has 5 atom stereocenters. The molecule has 0 aromatic heterocycles. The lowest BCUT2D eigenvalue weighted by Gasteiger charge is -2.27. The second-order valence-electron chi connectivity index (χ2n) is 5.99. The molecular weight excluding hydrogens is 396 g/mol. The maximum Gasteiger partial charge on any atom is 0.327 e. The molecule has 7 N–H and O–H groups in total. The molecule has 5 unspecified atom stereocenters. The van der Waals surface area contributed by atoms with Crippen LogP contribution in [0, 0.1) is 5.92 Å². The van der Waals surface area contributed by atoms with Gasteiger partial charge in [0.25, 0.3) is 0 Å². The van der Waals surface area contributed by atoms with Crippen molar-refractivity contribution in [2.24, 2.45) is 11.7 Å². The van der Waals surface area contributed by atoms with E-state index in [1.807, 2.05) is 6.92 Å². The van der Waals surface area contributed by atoms with Gasteiger partial charge in [0, 0.05) is 11.5 Å². The summed E-state index contributed by atoms with van der Waals surface area (Å²) in [6.45, 7) is 2.96. The molecule has 0 saturated heterocycles. The topological polar surface area (TPSA) is 171 Å². The number of carboxylic acid groups (broad SMARTS) is 1. The molecule has 12 heteroatoms. The zero-order valence-electron chi connectivity index (χ0n) is 15.2. The highest BCUT2D eigenvalue weighted by molar-refractivity contribution is 7.80. The van der Waals surface area contributed by atoms with Crippen molar-refractivity contribution in [3.05, 3.63) is 0 Å². The SMILES string of the molecule is CCC(C)C(NC(=O)C(N)CO)C(=O)NC(CS)C(=O)NC(CS)C(=O)O. The quantitative estimate of drug-likeness (QED) is 0.164. The summed E-state index contributed by atoms with van der Waals surface area (Å²) in [4.78, 5) is 47.7. The van der Waals surface area contributed by atoms with Crippen molar-refractivity contribution in [3.63, 3.8) is 0 Å². The molecule has 0 spiro atoms. The lowest BCUT2D eigenvalue weighted by molar-refractivity contribution is -0.141. The average molecular weight is 425 g/mol. The summed E-state index contributed by atoms with van der Waals surface area (Å²) in [5.74, 6) is -3.84. The molecule has 0 saturated carbocycles. The van der Waals surface area contributed by atoms with Crippen molar-refractivity contribution in [2.45, 2.75) is 44.4 Å². The number of nitrogens with two attached hydrogens (primary N) is 1. The molecule has 156 valence electrons. The zero-order chi connectivity index (χ0) is 21.1. The normalized spacial score (nSPS) is 16.4. The van der Waals surface area contributed by atoms with Gasteiger partial charge in [-0.05, 0) is 5.92 Å². The van der Waals surface area contributed by atoms with Gasteiger partial charge < -0.3 is 31.9 Å². The minimum Gasteiger partial charge on any atom is -0.480 e. The highest BCUT2D eigenvalue weighted by atomic mass is 32.1. The molecule has 0 aliphatic heterocycles. The van der Waals surface area contributed by atoms with E-state index in [2.05, 4.69) is 41.2 Å². The molecule has 0 aromatic rings. The van der Waals surface area contributed by atoms with Gasteiger partial charge in [-0.1, -0.05) is 20.3 Å². The number of carbonyl (C=O) groups excluding carboxylic acids is 3. The molecule has 0 heterocycles. The number of hydrogen-bond acceptors (Lipinski definition) is 8. The molecule has 0 fully saturated rings. The van der Waals surface area contributed by atoms with E-state index in [1.165, 1.54) is 0 Å². The number of rotatable bonds is 12. The third-order valence-corrected chi connectivity index (χ3v) is 4.67. The number of thiol groups is 2. The van der Waals surface area contributed by atoms with Gasteiger partial charge in [0.15, 0.2) is 0 Å². The first kappa shape index (κ1) is 25.5. The molecule has 0 rings (SSSR count). The number of aliphatic hydroxyl groups is 1. The van der Waals surface area contributed by atoms with Crippen LogP contribution in [0.4, 0.5) is 0 Å². The second kappa shape index (κ2) is 12.8. The molecule has 0 aromatic carbocycles. The Morgan fingerprint density at radius 3 is 1.89 bits per heavy atom. The maximum absolute atomic E-state index is 12.6. The average Bonchev–Trinajstić information content (AvgIpc) is 2.65. The second-order valence-corrected chi connectivity index (χ2v) is 6.72. The van der Waals surface area contributed by atoms with Crippen molar-refractivity contribution < 1.29 is 29.4 Å². The van der Waals surface area contributed by atoms with Crippen molar-refractivity contribution >= 4 is 48.9 Å². The van der Waals surface area contributed by atoms with Crippen LogP contribution in [0.5, 0.6) is 0 Å². The fourth-order valence-corrected chi connectivity index (χ4v) is 2.46. The first-order chi connectivity index (χ1) is 12.6. The minimum atomic E-state index is -1.26. The highest BCUT2D eigenvalue weighted by Crippen LogP contribution is 2.09. The van der Waals surface area contributed by atoms with Crippen LogP contribution >= 0.6 is 25.3 Å². The Morgan fingerprint density at radius 1 is 0.963 bits per heavy atom. The number of aliphatic hydroxyl groups excluding tert-OH is 1. The van der Waals surface area contributed by atoms with Crippen LogP contribution in [0.15, 0.2) is 0 Å². The summed E-state index contributed by atoms with van der Waals surface area (Å²) in [5.41, 5.74) is 5.45. The Hall–Kier alpha value is -1.50. The van der Waals surface area contributed by atoms with Crippen LogP contribution in [0.25, 0.3) is 0 Å². The Labute approximate surface area is 168 Å². The summed E-state index contributed by atoms with van der Waals surface area (Å²) in [7, 11) is 0. The van der Waals surface area contributed by atoms with E-state index in [4.69, 9.17) is 15.9 Å². The van der Waals surface area contributed by atoms with Gasteiger partial charge in [-0.25, -0.2) is 4.79 Å². The molecular formula is C15H28N4O6S2. The smallest absolute Gasteiger partial charge is 0.327 e. The summed E-state index contributed by atoms with van der Waals surface area (Å²) in [6, 6.07) is -4.50.